The number of carbonyl (C=O) groups is 1. The quantitative estimate of drug-likeness (QED) is 0.764. The number of hydrogen-bond donors (Lipinski definition) is 1. The van der Waals surface area contributed by atoms with Gasteiger partial charge in [-0.2, -0.15) is 0 Å². The van der Waals surface area contributed by atoms with Crippen LogP contribution in [0.4, 0.5) is 0 Å². The largest absolute Gasteiger partial charge is 0.494 e. The van der Waals surface area contributed by atoms with Crippen molar-refractivity contribution in [2.24, 2.45) is 0 Å². The van der Waals surface area contributed by atoms with Gasteiger partial charge >= 0.3 is 0 Å². The van der Waals surface area contributed by atoms with Gasteiger partial charge in [0.05, 0.1) is 31.5 Å². The van der Waals surface area contributed by atoms with Crippen LogP contribution in [0.25, 0.3) is 0 Å². The van der Waals surface area contributed by atoms with Gasteiger partial charge in [0.2, 0.25) is 0 Å². The number of aromatic nitrogens is 1. The number of hydrogen-bond acceptors (Lipinski definition) is 4. The topological polar surface area (TPSA) is 60.5 Å². The lowest BCUT2D eigenvalue weighted by molar-refractivity contribution is 0.0892. The van der Waals surface area contributed by atoms with E-state index in [0.717, 1.165) is 0 Å². The molecule has 0 aliphatic heterocycles. The fourth-order valence-corrected chi connectivity index (χ4v) is 1.79. The summed E-state index contributed by atoms with van der Waals surface area (Å²) in [4.78, 5) is 16.0. The summed E-state index contributed by atoms with van der Waals surface area (Å²) in [6.45, 7) is 0.422. The predicted molar refractivity (Wildman–Crippen MR) is 69.3 cm³/mol. The minimum atomic E-state index is -0.221. The summed E-state index contributed by atoms with van der Waals surface area (Å²) < 4.78 is 10.1. The van der Waals surface area contributed by atoms with Crippen LogP contribution in [0.2, 0.25) is 0 Å². The highest BCUT2D eigenvalue weighted by Crippen LogP contribution is 2.15. The fourth-order valence-electron chi connectivity index (χ4n) is 1.52. The van der Waals surface area contributed by atoms with Gasteiger partial charge in [-0.1, -0.05) is 0 Å². The van der Waals surface area contributed by atoms with Gasteiger partial charge in [0.25, 0.3) is 5.91 Å². The number of amides is 1. The summed E-state index contributed by atoms with van der Waals surface area (Å²) in [7, 11) is 3.08. The highest BCUT2D eigenvalue weighted by molar-refractivity contribution is 6.17. The van der Waals surface area contributed by atoms with Gasteiger partial charge in [-0.15, -0.1) is 11.6 Å². The molecule has 0 spiro atoms. The van der Waals surface area contributed by atoms with E-state index in [4.69, 9.17) is 21.1 Å². The molecule has 1 aromatic rings. The van der Waals surface area contributed by atoms with Gasteiger partial charge in [0.1, 0.15) is 5.75 Å². The Labute approximate surface area is 111 Å². The zero-order valence-electron chi connectivity index (χ0n) is 10.5. The van der Waals surface area contributed by atoms with E-state index in [1.165, 1.54) is 13.3 Å². The molecule has 1 heterocycles. The molecule has 0 aliphatic carbocycles. The van der Waals surface area contributed by atoms with Gasteiger partial charge in [-0.25, -0.2) is 0 Å². The summed E-state index contributed by atoms with van der Waals surface area (Å²) in [5, 5.41) is 2.85. The number of halogens is 1. The number of alkyl halides is 1. The Balaban J connectivity index is 2.73. The Hall–Kier alpha value is -1.33. The van der Waals surface area contributed by atoms with Crippen LogP contribution in [-0.2, 0) is 4.74 Å². The number of carbonyl (C=O) groups excluding carboxylic acids is 1. The third-order valence-corrected chi connectivity index (χ3v) is 2.63. The van der Waals surface area contributed by atoms with Crippen LogP contribution in [0.5, 0.6) is 5.75 Å². The summed E-state index contributed by atoms with van der Waals surface area (Å²) in [6, 6.07) is 1.50. The molecule has 0 fully saturated rings. The molecule has 18 heavy (non-hydrogen) atoms. The molecule has 6 heteroatoms. The van der Waals surface area contributed by atoms with Crippen molar-refractivity contribution in [3.8, 4) is 5.75 Å². The molecule has 1 amide bonds. The van der Waals surface area contributed by atoms with Crippen molar-refractivity contribution >= 4 is 17.5 Å². The Morgan fingerprint density at radius 3 is 2.94 bits per heavy atom. The zero-order valence-corrected chi connectivity index (χ0v) is 11.2. The zero-order chi connectivity index (χ0) is 13.4. The monoisotopic (exact) mass is 272 g/mol. The lowest BCUT2D eigenvalue weighted by atomic mass is 10.2. The molecule has 0 aromatic carbocycles. The highest BCUT2D eigenvalue weighted by atomic mass is 35.5. The first-order valence-corrected chi connectivity index (χ1v) is 6.10. The first-order valence-electron chi connectivity index (χ1n) is 5.56. The molecule has 0 saturated carbocycles. The first kappa shape index (κ1) is 14.7. The van der Waals surface area contributed by atoms with Crippen molar-refractivity contribution in [2.75, 3.05) is 26.7 Å². The Bertz CT molecular complexity index is 381. The standard InChI is InChI=1S/C12H17ClN2O3/c1-17-8-9(3-5-13)15-12(16)10-4-6-14-7-11(10)18-2/h4,6-7,9H,3,5,8H2,1-2H3,(H,15,16). The normalized spacial score (nSPS) is 11.9. The van der Waals surface area contributed by atoms with E-state index in [1.807, 2.05) is 0 Å². The fraction of sp³-hybridized carbons (Fsp3) is 0.500. The lowest BCUT2D eigenvalue weighted by Crippen LogP contribution is -2.38. The molecular weight excluding hydrogens is 256 g/mol. The second kappa shape index (κ2) is 7.89. The predicted octanol–water partition coefficient (Wildman–Crippen LogP) is 1.46. The van der Waals surface area contributed by atoms with Gasteiger partial charge in [0, 0.05) is 19.2 Å². The van der Waals surface area contributed by atoms with E-state index in [9.17, 15) is 4.79 Å². The second-order valence-corrected chi connectivity index (χ2v) is 4.06. The van der Waals surface area contributed by atoms with E-state index in [0.29, 0.717) is 30.2 Å². The van der Waals surface area contributed by atoms with Crippen molar-refractivity contribution in [1.82, 2.24) is 10.3 Å². The van der Waals surface area contributed by atoms with E-state index in [-0.39, 0.29) is 11.9 Å². The molecule has 1 atom stereocenters. The molecule has 100 valence electrons. The first-order chi connectivity index (χ1) is 8.72. The molecule has 5 nitrogen and oxygen atoms in total. The maximum absolute atomic E-state index is 12.1. The van der Waals surface area contributed by atoms with Crippen molar-refractivity contribution in [3.05, 3.63) is 24.0 Å². The van der Waals surface area contributed by atoms with Crippen LogP contribution in [0.15, 0.2) is 18.5 Å². The maximum atomic E-state index is 12.1. The smallest absolute Gasteiger partial charge is 0.255 e. The van der Waals surface area contributed by atoms with Crippen molar-refractivity contribution in [1.29, 1.82) is 0 Å². The van der Waals surface area contributed by atoms with E-state index < -0.39 is 0 Å². The maximum Gasteiger partial charge on any atom is 0.255 e. The van der Waals surface area contributed by atoms with Crippen LogP contribution < -0.4 is 10.1 Å². The molecule has 1 rings (SSSR count). The molecular formula is C12H17ClN2O3. The number of nitrogens with one attached hydrogen (secondary N) is 1. The molecule has 0 bridgehead atoms. The molecule has 0 aliphatic rings. The van der Waals surface area contributed by atoms with Crippen LogP contribution in [0.3, 0.4) is 0 Å². The van der Waals surface area contributed by atoms with E-state index >= 15 is 0 Å². The molecule has 1 unspecified atom stereocenters. The summed E-state index contributed by atoms with van der Waals surface area (Å²) in [5.41, 5.74) is 0.447. The van der Waals surface area contributed by atoms with Gasteiger partial charge in [-0.3, -0.25) is 9.78 Å². The van der Waals surface area contributed by atoms with Gasteiger partial charge < -0.3 is 14.8 Å². The van der Waals surface area contributed by atoms with Crippen LogP contribution in [0, 0.1) is 0 Å². The van der Waals surface area contributed by atoms with Crippen molar-refractivity contribution in [2.45, 2.75) is 12.5 Å². The number of nitrogens with zero attached hydrogens (tertiary/aromatic N) is 1. The Morgan fingerprint density at radius 2 is 2.33 bits per heavy atom. The number of ether oxygens (including phenoxy) is 2. The molecule has 1 N–H and O–H groups in total. The third kappa shape index (κ3) is 4.16. The average molecular weight is 273 g/mol. The Morgan fingerprint density at radius 1 is 1.56 bits per heavy atom. The van der Waals surface area contributed by atoms with Crippen LogP contribution in [-0.4, -0.2) is 43.6 Å². The third-order valence-electron chi connectivity index (χ3n) is 2.41. The summed E-state index contributed by atoms with van der Waals surface area (Å²) in [5.74, 6) is 0.681. The van der Waals surface area contributed by atoms with Crippen LogP contribution >= 0.6 is 11.6 Å². The Kier molecular flexibility index (Phi) is 6.46. The number of pyridine rings is 1. The number of rotatable bonds is 7. The summed E-state index contributed by atoms with van der Waals surface area (Å²) >= 11 is 5.68. The van der Waals surface area contributed by atoms with Crippen LogP contribution in [0.1, 0.15) is 16.8 Å². The molecule has 0 radical (unpaired) electrons. The minimum Gasteiger partial charge on any atom is -0.494 e. The second-order valence-electron chi connectivity index (χ2n) is 3.68. The molecule has 1 aromatic heterocycles. The average Bonchev–Trinajstić information content (AvgIpc) is 2.39. The lowest BCUT2D eigenvalue weighted by Gasteiger charge is -2.17. The summed E-state index contributed by atoms with van der Waals surface area (Å²) in [6.07, 6.45) is 3.70. The van der Waals surface area contributed by atoms with E-state index in [2.05, 4.69) is 10.3 Å². The minimum absolute atomic E-state index is 0.113. The SMILES string of the molecule is COCC(CCCl)NC(=O)c1ccncc1OC. The number of methoxy groups -OCH3 is 2. The molecule has 0 saturated heterocycles. The highest BCUT2D eigenvalue weighted by Gasteiger charge is 2.16. The van der Waals surface area contributed by atoms with Crippen molar-refractivity contribution < 1.29 is 14.3 Å². The van der Waals surface area contributed by atoms with E-state index in [1.54, 1.807) is 19.4 Å². The van der Waals surface area contributed by atoms with Gasteiger partial charge in [-0.05, 0) is 12.5 Å². The van der Waals surface area contributed by atoms with Crippen molar-refractivity contribution in [3.63, 3.8) is 0 Å². The van der Waals surface area contributed by atoms with Gasteiger partial charge in [0.15, 0.2) is 0 Å².